The van der Waals surface area contributed by atoms with Crippen LogP contribution in [0.2, 0.25) is 0 Å². The highest BCUT2D eigenvalue weighted by Gasteiger charge is 2.44. The molecule has 0 bridgehead atoms. The molecule has 0 amide bonds. The van der Waals surface area contributed by atoms with Crippen LogP contribution in [0.3, 0.4) is 0 Å². The molecule has 25 heavy (non-hydrogen) atoms. The number of nitrogens with zero attached hydrogens (tertiary/aromatic N) is 5. The molecule has 0 saturated carbocycles. The van der Waals surface area contributed by atoms with Crippen molar-refractivity contribution in [3.8, 4) is 11.4 Å². The maximum Gasteiger partial charge on any atom is 0.168 e. The molecule has 130 valence electrons. The molecular formula is C15H16N6O4. The molecule has 3 aromatic rings. The van der Waals surface area contributed by atoms with Gasteiger partial charge in [0.2, 0.25) is 0 Å². The Balaban J connectivity index is 1.82. The minimum absolute atomic E-state index is 0.175. The summed E-state index contributed by atoms with van der Waals surface area (Å²) in [6.45, 7) is -0.417. The summed E-state index contributed by atoms with van der Waals surface area (Å²) in [5, 5.41) is 29.4. The van der Waals surface area contributed by atoms with E-state index in [-0.39, 0.29) is 5.82 Å². The molecule has 0 aromatic carbocycles. The fourth-order valence-corrected chi connectivity index (χ4v) is 2.86. The predicted molar refractivity (Wildman–Crippen MR) is 86.0 cm³/mol. The number of imidazole rings is 1. The molecule has 1 fully saturated rings. The van der Waals surface area contributed by atoms with Crippen LogP contribution < -0.4 is 5.73 Å². The fraction of sp³-hybridized carbons (Fsp3) is 0.333. The van der Waals surface area contributed by atoms with Crippen molar-refractivity contribution in [2.45, 2.75) is 24.5 Å². The summed E-state index contributed by atoms with van der Waals surface area (Å²) in [5.74, 6) is 0.529. The van der Waals surface area contributed by atoms with Crippen LogP contribution in [0.4, 0.5) is 5.82 Å². The SMILES string of the molecule is Nc1nc(-c2cccnc2)nc2c1ncn2[C@@H]1O[C@H](CO)[C@@H](O)[C@H]1O. The highest BCUT2D eigenvalue weighted by Crippen LogP contribution is 2.32. The third kappa shape index (κ3) is 2.51. The summed E-state index contributed by atoms with van der Waals surface area (Å²) in [6, 6.07) is 3.54. The van der Waals surface area contributed by atoms with Crippen LogP contribution >= 0.6 is 0 Å². The number of aromatic nitrogens is 5. The van der Waals surface area contributed by atoms with Gasteiger partial charge in [-0.15, -0.1) is 0 Å². The molecule has 4 atom stereocenters. The molecule has 4 rings (SSSR count). The molecule has 10 nitrogen and oxygen atoms in total. The average Bonchev–Trinajstić information content (AvgIpc) is 3.18. The van der Waals surface area contributed by atoms with E-state index in [1.54, 1.807) is 24.5 Å². The van der Waals surface area contributed by atoms with E-state index in [1.165, 1.54) is 10.9 Å². The Hall–Kier alpha value is -2.66. The smallest absolute Gasteiger partial charge is 0.168 e. The summed E-state index contributed by atoms with van der Waals surface area (Å²) < 4.78 is 7.00. The van der Waals surface area contributed by atoms with Crippen molar-refractivity contribution >= 4 is 17.0 Å². The molecule has 0 aliphatic carbocycles. The Morgan fingerprint density at radius 3 is 2.76 bits per heavy atom. The van der Waals surface area contributed by atoms with Crippen molar-refractivity contribution < 1.29 is 20.1 Å². The van der Waals surface area contributed by atoms with E-state index < -0.39 is 31.1 Å². The number of hydrogen-bond acceptors (Lipinski definition) is 9. The number of hydrogen-bond donors (Lipinski definition) is 4. The number of aliphatic hydroxyl groups excluding tert-OH is 3. The number of rotatable bonds is 3. The summed E-state index contributed by atoms with van der Waals surface area (Å²) in [6.07, 6.45) is 0.339. The molecule has 0 unspecified atom stereocenters. The van der Waals surface area contributed by atoms with E-state index in [2.05, 4.69) is 19.9 Å². The van der Waals surface area contributed by atoms with Crippen molar-refractivity contribution in [2.75, 3.05) is 12.3 Å². The highest BCUT2D eigenvalue weighted by molar-refractivity contribution is 5.83. The van der Waals surface area contributed by atoms with Crippen LogP contribution in [0, 0.1) is 0 Å². The second kappa shape index (κ2) is 6.01. The van der Waals surface area contributed by atoms with Crippen molar-refractivity contribution in [1.29, 1.82) is 0 Å². The van der Waals surface area contributed by atoms with Gasteiger partial charge >= 0.3 is 0 Å². The normalized spacial score (nSPS) is 26.4. The van der Waals surface area contributed by atoms with Gasteiger partial charge in [0.05, 0.1) is 12.9 Å². The Bertz CT molecular complexity index is 902. The first-order chi connectivity index (χ1) is 12.1. The summed E-state index contributed by atoms with van der Waals surface area (Å²) in [7, 11) is 0. The minimum atomic E-state index is -1.24. The van der Waals surface area contributed by atoms with Crippen LogP contribution in [-0.2, 0) is 4.74 Å². The maximum absolute atomic E-state index is 10.2. The monoisotopic (exact) mass is 344 g/mol. The summed E-state index contributed by atoms with van der Waals surface area (Å²) in [5.41, 5.74) is 7.35. The number of pyridine rings is 1. The van der Waals surface area contributed by atoms with Crippen molar-refractivity contribution in [2.24, 2.45) is 0 Å². The van der Waals surface area contributed by atoms with Gasteiger partial charge in [-0.1, -0.05) is 0 Å². The number of ether oxygens (including phenoxy) is 1. The van der Waals surface area contributed by atoms with Crippen molar-refractivity contribution in [1.82, 2.24) is 24.5 Å². The number of nitrogen functional groups attached to an aromatic ring is 1. The molecule has 0 radical (unpaired) electrons. The number of anilines is 1. The topological polar surface area (TPSA) is 152 Å². The van der Waals surface area contributed by atoms with E-state index in [1.807, 2.05) is 0 Å². The second-order valence-electron chi connectivity index (χ2n) is 5.73. The predicted octanol–water partition coefficient (Wildman–Crippen LogP) is -0.918. The van der Waals surface area contributed by atoms with Crippen LogP contribution in [0.5, 0.6) is 0 Å². The van der Waals surface area contributed by atoms with Crippen LogP contribution in [0.15, 0.2) is 30.9 Å². The zero-order valence-corrected chi connectivity index (χ0v) is 13.0. The van der Waals surface area contributed by atoms with E-state index in [0.717, 1.165) is 0 Å². The van der Waals surface area contributed by atoms with Gasteiger partial charge in [-0.3, -0.25) is 9.55 Å². The summed E-state index contributed by atoms with van der Waals surface area (Å²) in [4.78, 5) is 16.9. The van der Waals surface area contributed by atoms with Crippen LogP contribution in [0.25, 0.3) is 22.6 Å². The number of nitrogens with two attached hydrogens (primary N) is 1. The molecule has 1 saturated heterocycles. The van der Waals surface area contributed by atoms with Gasteiger partial charge in [0.15, 0.2) is 23.5 Å². The molecular weight excluding hydrogens is 328 g/mol. The second-order valence-corrected chi connectivity index (χ2v) is 5.73. The Morgan fingerprint density at radius 1 is 1.24 bits per heavy atom. The maximum atomic E-state index is 10.2. The summed E-state index contributed by atoms with van der Waals surface area (Å²) >= 11 is 0. The van der Waals surface area contributed by atoms with E-state index >= 15 is 0 Å². The van der Waals surface area contributed by atoms with Crippen molar-refractivity contribution in [3.63, 3.8) is 0 Å². The van der Waals surface area contributed by atoms with Gasteiger partial charge in [0.25, 0.3) is 0 Å². The third-order valence-electron chi connectivity index (χ3n) is 4.16. The third-order valence-corrected chi connectivity index (χ3v) is 4.16. The molecule has 10 heteroatoms. The lowest BCUT2D eigenvalue weighted by Gasteiger charge is -2.16. The first-order valence-electron chi connectivity index (χ1n) is 7.63. The molecule has 1 aliphatic rings. The average molecular weight is 344 g/mol. The number of aliphatic hydroxyl groups is 3. The van der Waals surface area contributed by atoms with E-state index in [9.17, 15) is 15.3 Å². The molecule has 0 spiro atoms. The van der Waals surface area contributed by atoms with Gasteiger partial charge in [-0.05, 0) is 12.1 Å². The fourth-order valence-electron chi connectivity index (χ4n) is 2.86. The van der Waals surface area contributed by atoms with Crippen LogP contribution in [-0.4, -0.2) is 64.7 Å². The molecule has 1 aliphatic heterocycles. The zero-order valence-electron chi connectivity index (χ0n) is 13.0. The van der Waals surface area contributed by atoms with Crippen LogP contribution in [0.1, 0.15) is 6.23 Å². The zero-order chi connectivity index (χ0) is 17.6. The number of fused-ring (bicyclic) bond motifs is 1. The Labute approximate surface area is 141 Å². The lowest BCUT2D eigenvalue weighted by atomic mass is 10.1. The lowest BCUT2D eigenvalue weighted by molar-refractivity contribution is -0.0511. The van der Waals surface area contributed by atoms with E-state index in [0.29, 0.717) is 22.6 Å². The lowest BCUT2D eigenvalue weighted by Crippen LogP contribution is -2.33. The Kier molecular flexibility index (Phi) is 3.81. The molecule has 4 heterocycles. The van der Waals surface area contributed by atoms with Gasteiger partial charge in [0.1, 0.15) is 23.8 Å². The highest BCUT2D eigenvalue weighted by atomic mass is 16.6. The van der Waals surface area contributed by atoms with Gasteiger partial charge in [-0.2, -0.15) is 0 Å². The largest absolute Gasteiger partial charge is 0.394 e. The minimum Gasteiger partial charge on any atom is -0.394 e. The van der Waals surface area contributed by atoms with E-state index in [4.69, 9.17) is 10.5 Å². The first-order valence-corrected chi connectivity index (χ1v) is 7.63. The molecule has 5 N–H and O–H groups in total. The quantitative estimate of drug-likeness (QED) is 0.472. The van der Waals surface area contributed by atoms with Gasteiger partial charge in [-0.25, -0.2) is 15.0 Å². The Morgan fingerprint density at radius 2 is 2.08 bits per heavy atom. The van der Waals surface area contributed by atoms with Gasteiger partial charge in [0, 0.05) is 18.0 Å². The first kappa shape index (κ1) is 15.8. The standard InChI is InChI=1S/C15H16N6O4/c16-12-9-14(20-13(19-12)7-2-1-3-17-4-7)21(6-18-9)15-11(24)10(23)8(5-22)25-15/h1-4,6,8,10-11,15,22-24H,5H2,(H2,16,19,20)/t8-,10-,11-,15-/m1/s1. The van der Waals surface area contributed by atoms with Gasteiger partial charge < -0.3 is 25.8 Å². The van der Waals surface area contributed by atoms with Crippen molar-refractivity contribution in [3.05, 3.63) is 30.9 Å². The molecule has 3 aromatic heterocycles.